The minimum Gasteiger partial charge on any atom is -0.507 e. The van der Waals surface area contributed by atoms with Crippen LogP contribution in [0.2, 0.25) is 0 Å². The Balaban J connectivity index is 2.72. The highest BCUT2D eigenvalue weighted by Crippen LogP contribution is 2.43. The summed E-state index contributed by atoms with van der Waals surface area (Å²) in [6, 6.07) is 4.02. The number of benzene rings is 1. The molecule has 0 spiro atoms. The number of rotatable bonds is 2. The second-order valence-corrected chi connectivity index (χ2v) is 9.45. The third-order valence-electron chi connectivity index (χ3n) is 3.76. The van der Waals surface area contributed by atoms with Gasteiger partial charge in [-0.15, -0.1) is 0 Å². The number of H-pyrrole nitrogens is 1. The van der Waals surface area contributed by atoms with Crippen molar-refractivity contribution in [1.82, 2.24) is 10.2 Å². The van der Waals surface area contributed by atoms with Crippen LogP contribution in [0.5, 0.6) is 5.75 Å². The summed E-state index contributed by atoms with van der Waals surface area (Å²) in [4.78, 5) is 0. The van der Waals surface area contributed by atoms with Gasteiger partial charge in [-0.1, -0.05) is 71.6 Å². The molecule has 0 aliphatic carbocycles. The van der Waals surface area contributed by atoms with Crippen LogP contribution in [-0.4, -0.2) is 15.3 Å². The number of phenols is 1. The Bertz CT molecular complexity index is 802. The van der Waals surface area contributed by atoms with Crippen molar-refractivity contribution in [3.05, 3.63) is 44.4 Å². The van der Waals surface area contributed by atoms with Crippen molar-refractivity contribution in [1.29, 1.82) is 0 Å². The molecule has 0 unspecified atom stereocenters. The van der Waals surface area contributed by atoms with Crippen LogP contribution in [0.25, 0.3) is 5.57 Å². The molecule has 1 aromatic heterocycles. The maximum atomic E-state index is 11.0. The van der Waals surface area contributed by atoms with E-state index in [2.05, 4.69) is 58.3 Å². The lowest BCUT2D eigenvalue weighted by Crippen LogP contribution is -2.19. The first kappa shape index (κ1) is 17.9. The molecular formula is C18H24N2OS2. The van der Waals surface area contributed by atoms with Crippen molar-refractivity contribution < 1.29 is 5.11 Å². The summed E-state index contributed by atoms with van der Waals surface area (Å²) in [6.45, 7) is 16.8. The average molecular weight is 349 g/mol. The molecule has 0 saturated carbocycles. The van der Waals surface area contributed by atoms with Gasteiger partial charge in [0.15, 0.2) is 3.95 Å². The first-order valence-electron chi connectivity index (χ1n) is 7.55. The Morgan fingerprint density at radius 3 is 2.22 bits per heavy atom. The van der Waals surface area contributed by atoms with Gasteiger partial charge >= 0.3 is 0 Å². The molecule has 1 aromatic carbocycles. The van der Waals surface area contributed by atoms with E-state index in [4.69, 9.17) is 12.2 Å². The van der Waals surface area contributed by atoms with E-state index >= 15 is 0 Å². The second kappa shape index (κ2) is 5.87. The molecule has 0 aliphatic rings. The lowest BCUT2D eigenvalue weighted by atomic mass is 9.76. The van der Waals surface area contributed by atoms with Gasteiger partial charge in [-0.2, -0.15) is 5.10 Å². The Labute approximate surface area is 147 Å². The van der Waals surface area contributed by atoms with Gasteiger partial charge in [-0.25, -0.2) is 0 Å². The van der Waals surface area contributed by atoms with E-state index in [1.807, 2.05) is 12.1 Å². The van der Waals surface area contributed by atoms with Crippen LogP contribution in [0, 0.1) is 3.95 Å². The maximum absolute atomic E-state index is 11.0. The van der Waals surface area contributed by atoms with E-state index in [0.717, 1.165) is 27.3 Å². The fraction of sp³-hybridized carbons (Fsp3) is 0.444. The van der Waals surface area contributed by atoms with Gasteiger partial charge in [-0.05, 0) is 34.2 Å². The molecule has 0 aliphatic heterocycles. The summed E-state index contributed by atoms with van der Waals surface area (Å²) in [5, 5.41) is 18.7. The van der Waals surface area contributed by atoms with Gasteiger partial charge in [0.2, 0.25) is 0 Å². The summed E-state index contributed by atoms with van der Waals surface area (Å²) in [5.74, 6) is 0.350. The summed E-state index contributed by atoms with van der Waals surface area (Å²) in [6.07, 6.45) is 0. The van der Waals surface area contributed by atoms with E-state index in [-0.39, 0.29) is 10.8 Å². The minimum atomic E-state index is -0.221. The van der Waals surface area contributed by atoms with Crippen molar-refractivity contribution in [2.24, 2.45) is 0 Å². The van der Waals surface area contributed by atoms with Crippen LogP contribution in [-0.2, 0) is 10.8 Å². The summed E-state index contributed by atoms with van der Waals surface area (Å²) >= 11 is 6.51. The molecule has 2 rings (SSSR count). The average Bonchev–Trinajstić information content (AvgIpc) is 2.81. The lowest BCUT2D eigenvalue weighted by molar-refractivity contribution is 0.423. The Morgan fingerprint density at radius 1 is 1.17 bits per heavy atom. The molecule has 0 atom stereocenters. The van der Waals surface area contributed by atoms with Gasteiger partial charge < -0.3 is 5.11 Å². The fourth-order valence-electron chi connectivity index (χ4n) is 2.68. The molecule has 1 heterocycles. The van der Waals surface area contributed by atoms with E-state index in [9.17, 15) is 5.11 Å². The molecule has 3 nitrogen and oxygen atoms in total. The molecular weight excluding hydrogens is 324 g/mol. The standard InChI is InChI=1S/C18H24N2OS2/c1-10(15-19-20-16(22)23-15)11-8-9-12(17(2,3)4)14(21)13(11)18(5,6)7/h8-9,21H,1H2,2-7H3,(H,20,22). The zero-order valence-corrected chi connectivity index (χ0v) is 16.2. The van der Waals surface area contributed by atoms with Gasteiger partial charge in [0.25, 0.3) is 0 Å². The van der Waals surface area contributed by atoms with Gasteiger partial charge in [0.05, 0.1) is 0 Å². The highest BCUT2D eigenvalue weighted by Gasteiger charge is 2.29. The number of hydrogen-bond donors (Lipinski definition) is 2. The maximum Gasteiger partial charge on any atom is 0.176 e. The summed E-state index contributed by atoms with van der Waals surface area (Å²) in [7, 11) is 0. The van der Waals surface area contributed by atoms with E-state index in [0.29, 0.717) is 9.70 Å². The van der Waals surface area contributed by atoms with Gasteiger partial charge in [-0.3, -0.25) is 5.10 Å². The number of nitrogens with one attached hydrogen (secondary N) is 1. The number of hydrogen-bond acceptors (Lipinski definition) is 4. The number of nitrogens with zero attached hydrogens (tertiary/aromatic N) is 1. The van der Waals surface area contributed by atoms with Crippen molar-refractivity contribution >= 4 is 29.1 Å². The second-order valence-electron chi connectivity index (χ2n) is 7.78. The monoisotopic (exact) mass is 348 g/mol. The molecule has 0 saturated heterocycles. The first-order valence-corrected chi connectivity index (χ1v) is 8.77. The minimum absolute atomic E-state index is 0.132. The highest BCUT2D eigenvalue weighted by atomic mass is 32.1. The first-order chi connectivity index (χ1) is 10.4. The summed E-state index contributed by atoms with van der Waals surface area (Å²) < 4.78 is 0.619. The van der Waals surface area contributed by atoms with E-state index < -0.39 is 0 Å². The number of phenolic OH excluding ortho intramolecular Hbond substituents is 1. The molecule has 5 heteroatoms. The molecule has 0 bridgehead atoms. The molecule has 124 valence electrons. The lowest BCUT2D eigenvalue weighted by Gasteiger charge is -2.29. The number of aromatic hydroxyl groups is 1. The molecule has 2 N–H and O–H groups in total. The zero-order chi connectivity index (χ0) is 17.6. The van der Waals surface area contributed by atoms with Crippen LogP contribution in [0.3, 0.4) is 0 Å². The largest absolute Gasteiger partial charge is 0.507 e. The van der Waals surface area contributed by atoms with E-state index in [1.54, 1.807) is 0 Å². The number of aromatic amines is 1. The quantitative estimate of drug-likeness (QED) is 0.698. The SMILES string of the molecule is C=C(c1n[nH]c(=S)s1)c1ccc(C(C)(C)C)c(O)c1C(C)(C)C. The van der Waals surface area contributed by atoms with Crippen molar-refractivity contribution in [2.75, 3.05) is 0 Å². The smallest absolute Gasteiger partial charge is 0.176 e. The van der Waals surface area contributed by atoms with Crippen LogP contribution in [0.1, 0.15) is 63.2 Å². The van der Waals surface area contributed by atoms with Crippen molar-refractivity contribution in [3.63, 3.8) is 0 Å². The van der Waals surface area contributed by atoms with Gasteiger partial charge in [0.1, 0.15) is 10.8 Å². The Morgan fingerprint density at radius 2 is 1.78 bits per heavy atom. The van der Waals surface area contributed by atoms with Crippen LogP contribution in [0.15, 0.2) is 18.7 Å². The van der Waals surface area contributed by atoms with Crippen LogP contribution < -0.4 is 0 Å². The van der Waals surface area contributed by atoms with Crippen LogP contribution in [0.4, 0.5) is 0 Å². The predicted molar refractivity (Wildman–Crippen MR) is 101 cm³/mol. The molecule has 2 aromatic rings. The predicted octanol–water partition coefficient (Wildman–Crippen LogP) is 5.56. The van der Waals surface area contributed by atoms with Crippen LogP contribution >= 0.6 is 23.6 Å². The molecule has 0 fully saturated rings. The Kier molecular flexibility index (Phi) is 4.57. The molecule has 0 amide bonds. The molecule has 0 radical (unpaired) electrons. The third kappa shape index (κ3) is 3.56. The third-order valence-corrected chi connectivity index (χ3v) is 4.91. The normalized spacial score (nSPS) is 12.4. The van der Waals surface area contributed by atoms with Crippen molar-refractivity contribution in [3.8, 4) is 5.75 Å². The van der Waals surface area contributed by atoms with E-state index in [1.165, 1.54) is 11.3 Å². The Hall–Kier alpha value is -1.46. The summed E-state index contributed by atoms with van der Waals surface area (Å²) in [5.41, 5.74) is 3.18. The fourth-order valence-corrected chi connectivity index (χ4v) is 3.55. The number of aromatic nitrogens is 2. The molecule has 23 heavy (non-hydrogen) atoms. The van der Waals surface area contributed by atoms with Crippen molar-refractivity contribution in [2.45, 2.75) is 52.4 Å². The zero-order valence-electron chi connectivity index (χ0n) is 14.6. The highest BCUT2D eigenvalue weighted by molar-refractivity contribution is 7.73. The topological polar surface area (TPSA) is 48.9 Å². The van der Waals surface area contributed by atoms with Gasteiger partial charge in [0, 0.05) is 11.1 Å².